The molecule has 1 heterocycles. The predicted molar refractivity (Wildman–Crippen MR) is 130 cm³/mol. The maximum absolute atomic E-state index is 13.1. The first-order valence-corrected chi connectivity index (χ1v) is 12.4. The van der Waals surface area contributed by atoms with Gasteiger partial charge < -0.3 is 19.6 Å². The molecule has 0 aromatic heterocycles. The summed E-state index contributed by atoms with van der Waals surface area (Å²) in [4.78, 5) is 28.9. The lowest BCUT2D eigenvalue weighted by atomic mass is 10.1. The standard InChI is InChI=1S/C25H25N3O6S/c1-34-23-12-5-3-10-21(23)26-35(32,33)19-8-6-7-18(17-19)24(30)27-13-15-28(16-14-27)25(31)20-9-2-4-11-22(20)29/h2-12,17,26,29H,13-16H2,1H3. The van der Waals surface area contributed by atoms with Crippen molar-refractivity contribution in [2.75, 3.05) is 38.0 Å². The molecule has 3 aromatic carbocycles. The van der Waals surface area contributed by atoms with Crippen LogP contribution < -0.4 is 9.46 Å². The number of sulfonamides is 1. The molecular weight excluding hydrogens is 470 g/mol. The zero-order chi connectivity index (χ0) is 25.0. The average Bonchev–Trinajstić information content (AvgIpc) is 2.88. The molecule has 182 valence electrons. The number of amides is 2. The second-order valence-electron chi connectivity index (χ2n) is 7.94. The molecule has 9 nitrogen and oxygen atoms in total. The summed E-state index contributed by atoms with van der Waals surface area (Å²) in [6.45, 7) is 1.17. The van der Waals surface area contributed by atoms with E-state index < -0.39 is 10.0 Å². The SMILES string of the molecule is COc1ccccc1NS(=O)(=O)c1cccc(C(=O)N2CCN(C(=O)c3ccccc3O)CC2)c1. The number of rotatable bonds is 6. The van der Waals surface area contributed by atoms with E-state index in [4.69, 9.17) is 4.74 Å². The third-order valence-corrected chi connectivity index (χ3v) is 7.09. The van der Waals surface area contributed by atoms with E-state index in [-0.39, 0.29) is 52.4 Å². The van der Waals surface area contributed by atoms with Gasteiger partial charge in [0, 0.05) is 31.7 Å². The molecule has 0 bridgehead atoms. The fourth-order valence-corrected chi connectivity index (χ4v) is 4.96. The topological polar surface area (TPSA) is 116 Å². The van der Waals surface area contributed by atoms with Crippen LogP contribution >= 0.6 is 0 Å². The summed E-state index contributed by atoms with van der Waals surface area (Å²) < 4.78 is 33.6. The number of hydrogen-bond donors (Lipinski definition) is 2. The molecule has 1 aliphatic heterocycles. The summed E-state index contributed by atoms with van der Waals surface area (Å²) in [6.07, 6.45) is 0. The van der Waals surface area contributed by atoms with Gasteiger partial charge in [-0.25, -0.2) is 8.42 Å². The summed E-state index contributed by atoms with van der Waals surface area (Å²) in [5.41, 5.74) is 0.734. The lowest BCUT2D eigenvalue weighted by Crippen LogP contribution is -2.50. The molecule has 1 aliphatic rings. The maximum Gasteiger partial charge on any atom is 0.262 e. The van der Waals surface area contributed by atoms with Gasteiger partial charge in [0.05, 0.1) is 23.3 Å². The summed E-state index contributed by atoms with van der Waals surface area (Å²) in [5, 5.41) is 9.94. The van der Waals surface area contributed by atoms with E-state index in [1.165, 1.54) is 31.4 Å². The van der Waals surface area contributed by atoms with E-state index in [0.717, 1.165) is 0 Å². The number of aromatic hydroxyl groups is 1. The molecule has 3 aromatic rings. The molecule has 0 atom stereocenters. The minimum Gasteiger partial charge on any atom is -0.507 e. The highest BCUT2D eigenvalue weighted by Crippen LogP contribution is 2.26. The van der Waals surface area contributed by atoms with Gasteiger partial charge in [-0.2, -0.15) is 0 Å². The van der Waals surface area contributed by atoms with Crippen molar-refractivity contribution in [3.8, 4) is 11.5 Å². The number of nitrogens with one attached hydrogen (secondary N) is 1. The molecular formula is C25H25N3O6S. The molecule has 2 N–H and O–H groups in total. The molecule has 0 spiro atoms. The highest BCUT2D eigenvalue weighted by molar-refractivity contribution is 7.92. The number of ether oxygens (including phenoxy) is 1. The first-order chi connectivity index (χ1) is 16.8. The first kappa shape index (κ1) is 24.1. The molecule has 1 fully saturated rings. The van der Waals surface area contributed by atoms with Gasteiger partial charge >= 0.3 is 0 Å². The van der Waals surface area contributed by atoms with Gasteiger partial charge in [0.25, 0.3) is 21.8 Å². The fraction of sp³-hybridized carbons (Fsp3) is 0.200. The van der Waals surface area contributed by atoms with Crippen LogP contribution in [-0.4, -0.2) is 68.4 Å². The Balaban J connectivity index is 1.45. The van der Waals surface area contributed by atoms with Crippen molar-refractivity contribution in [1.82, 2.24) is 9.80 Å². The van der Waals surface area contributed by atoms with Crippen molar-refractivity contribution < 1.29 is 27.9 Å². The average molecular weight is 496 g/mol. The smallest absolute Gasteiger partial charge is 0.262 e. The number of methoxy groups -OCH3 is 1. The second-order valence-corrected chi connectivity index (χ2v) is 9.62. The van der Waals surface area contributed by atoms with Crippen molar-refractivity contribution in [1.29, 1.82) is 0 Å². The van der Waals surface area contributed by atoms with E-state index in [1.54, 1.807) is 58.3 Å². The summed E-state index contributed by atoms with van der Waals surface area (Å²) >= 11 is 0. The molecule has 1 saturated heterocycles. The maximum atomic E-state index is 13.1. The van der Waals surface area contributed by atoms with Crippen LogP contribution in [0.25, 0.3) is 0 Å². The monoisotopic (exact) mass is 495 g/mol. The minimum absolute atomic E-state index is 0.0531. The van der Waals surface area contributed by atoms with Crippen LogP contribution in [0.5, 0.6) is 11.5 Å². The van der Waals surface area contributed by atoms with Gasteiger partial charge in [-0.3, -0.25) is 14.3 Å². The minimum atomic E-state index is -3.96. The number of benzene rings is 3. The molecule has 2 amide bonds. The predicted octanol–water partition coefficient (Wildman–Crippen LogP) is 2.80. The first-order valence-electron chi connectivity index (χ1n) is 10.9. The summed E-state index contributed by atoms with van der Waals surface area (Å²) in [7, 11) is -2.52. The Kier molecular flexibility index (Phi) is 6.92. The highest BCUT2D eigenvalue weighted by atomic mass is 32.2. The van der Waals surface area contributed by atoms with Crippen LogP contribution in [-0.2, 0) is 10.0 Å². The number of phenolic OH excluding ortho intramolecular Hbond substituents is 1. The Bertz CT molecular complexity index is 1350. The van der Waals surface area contributed by atoms with Gasteiger partial charge in [-0.15, -0.1) is 0 Å². The molecule has 0 radical (unpaired) electrons. The number of carbonyl (C=O) groups is 2. The van der Waals surface area contributed by atoms with E-state index in [0.29, 0.717) is 18.8 Å². The molecule has 0 saturated carbocycles. The zero-order valence-electron chi connectivity index (χ0n) is 19.0. The van der Waals surface area contributed by atoms with Gasteiger partial charge in [0.15, 0.2) is 0 Å². The number of hydrogen-bond acceptors (Lipinski definition) is 6. The Morgan fingerprint density at radius 1 is 0.857 bits per heavy atom. The Hall–Kier alpha value is -4.05. The van der Waals surface area contributed by atoms with Crippen molar-refractivity contribution in [3.63, 3.8) is 0 Å². The van der Waals surface area contributed by atoms with Crippen molar-refractivity contribution in [2.24, 2.45) is 0 Å². The van der Waals surface area contributed by atoms with E-state index >= 15 is 0 Å². The van der Waals surface area contributed by atoms with Crippen LogP contribution in [0.15, 0.2) is 77.7 Å². The van der Waals surface area contributed by atoms with Crippen molar-refractivity contribution >= 4 is 27.5 Å². The lowest BCUT2D eigenvalue weighted by Gasteiger charge is -2.35. The fourth-order valence-electron chi connectivity index (χ4n) is 3.85. The van der Waals surface area contributed by atoms with Crippen LogP contribution in [0, 0.1) is 0 Å². The largest absolute Gasteiger partial charge is 0.507 e. The molecule has 0 unspecified atom stereocenters. The summed E-state index contributed by atoms with van der Waals surface area (Å²) in [6, 6.07) is 18.8. The third-order valence-electron chi connectivity index (χ3n) is 5.73. The van der Waals surface area contributed by atoms with Crippen molar-refractivity contribution in [2.45, 2.75) is 4.90 Å². The number of para-hydroxylation sites is 3. The molecule has 10 heteroatoms. The molecule has 0 aliphatic carbocycles. The second kappa shape index (κ2) is 10.1. The Morgan fingerprint density at radius 3 is 2.17 bits per heavy atom. The number of nitrogens with zero attached hydrogens (tertiary/aromatic N) is 2. The zero-order valence-corrected chi connectivity index (χ0v) is 19.9. The Labute approximate surface area is 203 Å². The van der Waals surface area contributed by atoms with E-state index in [9.17, 15) is 23.1 Å². The van der Waals surface area contributed by atoms with Crippen molar-refractivity contribution in [3.05, 3.63) is 83.9 Å². The highest BCUT2D eigenvalue weighted by Gasteiger charge is 2.27. The number of piperazine rings is 1. The van der Waals surface area contributed by atoms with Crippen LogP contribution in [0.1, 0.15) is 20.7 Å². The van der Waals surface area contributed by atoms with Gasteiger partial charge in [-0.1, -0.05) is 30.3 Å². The van der Waals surface area contributed by atoms with Gasteiger partial charge in [0.1, 0.15) is 11.5 Å². The summed E-state index contributed by atoms with van der Waals surface area (Å²) in [5.74, 6) is -0.338. The lowest BCUT2D eigenvalue weighted by molar-refractivity contribution is 0.0533. The van der Waals surface area contributed by atoms with Gasteiger partial charge in [0.2, 0.25) is 0 Å². The number of phenols is 1. The number of anilines is 1. The van der Waals surface area contributed by atoms with E-state index in [2.05, 4.69) is 4.72 Å². The number of carbonyl (C=O) groups excluding carboxylic acids is 2. The third kappa shape index (κ3) is 5.22. The molecule has 4 rings (SSSR count). The van der Waals surface area contributed by atoms with Crippen LogP contribution in [0.4, 0.5) is 5.69 Å². The van der Waals surface area contributed by atoms with Crippen LogP contribution in [0.2, 0.25) is 0 Å². The van der Waals surface area contributed by atoms with E-state index in [1.807, 2.05) is 0 Å². The van der Waals surface area contributed by atoms with Crippen LogP contribution in [0.3, 0.4) is 0 Å². The molecule has 35 heavy (non-hydrogen) atoms. The normalized spacial score (nSPS) is 13.9. The Morgan fingerprint density at radius 2 is 1.49 bits per heavy atom. The van der Waals surface area contributed by atoms with Gasteiger partial charge in [-0.05, 0) is 42.5 Å². The quantitative estimate of drug-likeness (QED) is 0.543.